The molecule has 1 aliphatic rings. The van der Waals surface area contributed by atoms with Gasteiger partial charge in [-0.3, -0.25) is 4.79 Å². The van der Waals surface area contributed by atoms with Crippen LogP contribution in [-0.2, 0) is 6.61 Å². The van der Waals surface area contributed by atoms with Crippen LogP contribution in [0.1, 0.15) is 34.7 Å². The number of hydrogen-bond acceptors (Lipinski definition) is 4. The highest BCUT2D eigenvalue weighted by molar-refractivity contribution is 5.94. The lowest BCUT2D eigenvalue weighted by Gasteiger charge is -2.14. The van der Waals surface area contributed by atoms with Crippen LogP contribution in [0, 0.1) is 12.7 Å². The molecule has 1 amide bonds. The van der Waals surface area contributed by atoms with Crippen molar-refractivity contribution in [1.29, 1.82) is 0 Å². The van der Waals surface area contributed by atoms with Crippen LogP contribution in [0.15, 0.2) is 28.8 Å². The summed E-state index contributed by atoms with van der Waals surface area (Å²) in [4.78, 5) is 14.2. The van der Waals surface area contributed by atoms with Crippen molar-refractivity contribution < 1.29 is 18.4 Å². The van der Waals surface area contributed by atoms with Gasteiger partial charge in [0.15, 0.2) is 5.69 Å². The summed E-state index contributed by atoms with van der Waals surface area (Å²) >= 11 is 0. The van der Waals surface area contributed by atoms with Gasteiger partial charge in [-0.15, -0.1) is 0 Å². The summed E-state index contributed by atoms with van der Waals surface area (Å²) in [7, 11) is 0. The van der Waals surface area contributed by atoms with Crippen LogP contribution in [0.5, 0.6) is 5.75 Å². The molecule has 0 spiro atoms. The van der Waals surface area contributed by atoms with E-state index < -0.39 is 0 Å². The van der Waals surface area contributed by atoms with Crippen LogP contribution in [0.3, 0.4) is 0 Å². The van der Waals surface area contributed by atoms with E-state index in [2.05, 4.69) is 5.16 Å². The van der Waals surface area contributed by atoms with Gasteiger partial charge in [-0.2, -0.15) is 0 Å². The lowest BCUT2D eigenvalue weighted by Crippen LogP contribution is -2.28. The summed E-state index contributed by atoms with van der Waals surface area (Å²) in [6, 6.07) is 5.73. The zero-order valence-corrected chi connectivity index (χ0v) is 12.3. The number of amides is 1. The van der Waals surface area contributed by atoms with Gasteiger partial charge in [-0.1, -0.05) is 5.16 Å². The summed E-state index contributed by atoms with van der Waals surface area (Å²) in [6.07, 6.45) is 2.04. The van der Waals surface area contributed by atoms with Crippen LogP contribution in [0.4, 0.5) is 4.39 Å². The molecule has 1 aromatic carbocycles. The Morgan fingerprint density at radius 1 is 1.32 bits per heavy atom. The van der Waals surface area contributed by atoms with Gasteiger partial charge in [-0.05, 0) is 44.0 Å². The number of likely N-dealkylation sites (tertiary alicyclic amines) is 1. The van der Waals surface area contributed by atoms with Crippen LogP contribution >= 0.6 is 0 Å². The van der Waals surface area contributed by atoms with Crippen molar-refractivity contribution in [3.63, 3.8) is 0 Å². The molecular formula is C16H17FN2O3. The molecular weight excluding hydrogens is 287 g/mol. The Morgan fingerprint density at radius 3 is 2.68 bits per heavy atom. The van der Waals surface area contributed by atoms with E-state index in [9.17, 15) is 9.18 Å². The summed E-state index contributed by atoms with van der Waals surface area (Å²) in [6.45, 7) is 3.42. The van der Waals surface area contributed by atoms with E-state index in [0.29, 0.717) is 22.8 Å². The molecule has 5 nitrogen and oxygen atoms in total. The maximum absolute atomic E-state index is 12.9. The number of carbonyl (C=O) groups excluding carboxylic acids is 1. The maximum Gasteiger partial charge on any atom is 0.276 e. The minimum Gasteiger partial charge on any atom is -0.489 e. The molecule has 0 unspecified atom stereocenters. The van der Waals surface area contributed by atoms with Gasteiger partial charge in [0.05, 0.1) is 5.56 Å². The van der Waals surface area contributed by atoms with Gasteiger partial charge < -0.3 is 14.2 Å². The molecule has 0 radical (unpaired) electrons. The highest BCUT2D eigenvalue weighted by atomic mass is 19.1. The molecule has 6 heteroatoms. The van der Waals surface area contributed by atoms with Crippen molar-refractivity contribution in [1.82, 2.24) is 10.1 Å². The maximum atomic E-state index is 12.9. The van der Waals surface area contributed by atoms with Crippen LogP contribution in [-0.4, -0.2) is 29.1 Å². The first-order valence-corrected chi connectivity index (χ1v) is 7.28. The Labute approximate surface area is 127 Å². The molecule has 2 heterocycles. The second-order valence-electron chi connectivity index (χ2n) is 5.31. The standard InChI is InChI=1S/C16H17FN2O3/c1-11-14(10-21-13-6-4-12(17)5-7-13)15(18-22-11)16(20)19-8-2-3-9-19/h4-7H,2-3,8-10H2,1H3. The summed E-state index contributed by atoms with van der Waals surface area (Å²) in [5.41, 5.74) is 0.947. The predicted octanol–water partition coefficient (Wildman–Crippen LogP) is 2.94. The number of nitrogens with zero attached hydrogens (tertiary/aromatic N) is 2. The minimum absolute atomic E-state index is 0.118. The number of aryl methyl sites for hydroxylation is 1. The van der Waals surface area contributed by atoms with Gasteiger partial charge in [-0.25, -0.2) is 4.39 Å². The Balaban J connectivity index is 1.74. The smallest absolute Gasteiger partial charge is 0.276 e. The monoisotopic (exact) mass is 304 g/mol. The normalized spacial score (nSPS) is 14.4. The molecule has 116 valence electrons. The van der Waals surface area contributed by atoms with Gasteiger partial charge in [0.1, 0.15) is 23.9 Å². The van der Waals surface area contributed by atoms with E-state index in [1.54, 1.807) is 24.0 Å². The SMILES string of the molecule is Cc1onc(C(=O)N2CCCC2)c1COc1ccc(F)cc1. The zero-order chi connectivity index (χ0) is 15.5. The first-order valence-electron chi connectivity index (χ1n) is 7.28. The Hall–Kier alpha value is -2.37. The Kier molecular flexibility index (Phi) is 4.09. The fraction of sp³-hybridized carbons (Fsp3) is 0.375. The van der Waals surface area contributed by atoms with Crippen LogP contribution in [0.2, 0.25) is 0 Å². The zero-order valence-electron chi connectivity index (χ0n) is 12.3. The Bertz CT molecular complexity index is 661. The first kappa shape index (κ1) is 14.6. The first-order chi connectivity index (χ1) is 10.6. The molecule has 1 aromatic heterocycles. The molecule has 22 heavy (non-hydrogen) atoms. The molecule has 0 bridgehead atoms. The molecule has 0 saturated carbocycles. The average Bonchev–Trinajstić information content (AvgIpc) is 3.16. The summed E-state index contributed by atoms with van der Waals surface area (Å²) in [5, 5.41) is 3.88. The fourth-order valence-electron chi connectivity index (χ4n) is 2.49. The van der Waals surface area contributed by atoms with Crippen molar-refractivity contribution in [3.8, 4) is 5.75 Å². The third-order valence-corrected chi connectivity index (χ3v) is 3.78. The van der Waals surface area contributed by atoms with Gasteiger partial charge in [0.25, 0.3) is 5.91 Å². The van der Waals surface area contributed by atoms with Gasteiger partial charge >= 0.3 is 0 Å². The average molecular weight is 304 g/mol. The van der Waals surface area contributed by atoms with Crippen molar-refractivity contribution in [3.05, 3.63) is 47.1 Å². The molecule has 0 N–H and O–H groups in total. The summed E-state index contributed by atoms with van der Waals surface area (Å²) in [5.74, 6) is 0.650. The van der Waals surface area contributed by atoms with Crippen LogP contribution in [0.25, 0.3) is 0 Å². The Morgan fingerprint density at radius 2 is 2.00 bits per heavy atom. The minimum atomic E-state index is -0.321. The van der Waals surface area contributed by atoms with Crippen molar-refractivity contribution in [2.24, 2.45) is 0 Å². The molecule has 1 aliphatic heterocycles. The number of aromatic nitrogens is 1. The van der Waals surface area contributed by atoms with E-state index in [1.165, 1.54) is 12.1 Å². The second kappa shape index (κ2) is 6.17. The quantitative estimate of drug-likeness (QED) is 0.871. The predicted molar refractivity (Wildman–Crippen MR) is 77.1 cm³/mol. The lowest BCUT2D eigenvalue weighted by atomic mass is 10.2. The van der Waals surface area contributed by atoms with Crippen molar-refractivity contribution in [2.45, 2.75) is 26.4 Å². The molecule has 1 saturated heterocycles. The van der Waals surface area contributed by atoms with E-state index in [4.69, 9.17) is 9.26 Å². The summed E-state index contributed by atoms with van der Waals surface area (Å²) < 4.78 is 23.6. The van der Waals surface area contributed by atoms with E-state index >= 15 is 0 Å². The fourth-order valence-corrected chi connectivity index (χ4v) is 2.49. The number of halogens is 1. The topological polar surface area (TPSA) is 55.6 Å². The molecule has 2 aromatic rings. The third kappa shape index (κ3) is 2.95. The van der Waals surface area contributed by atoms with E-state index in [-0.39, 0.29) is 18.3 Å². The molecule has 3 rings (SSSR count). The van der Waals surface area contributed by atoms with Crippen molar-refractivity contribution in [2.75, 3.05) is 13.1 Å². The molecule has 0 atom stereocenters. The number of benzene rings is 1. The molecule has 1 fully saturated rings. The third-order valence-electron chi connectivity index (χ3n) is 3.78. The van der Waals surface area contributed by atoms with Crippen LogP contribution < -0.4 is 4.74 Å². The highest BCUT2D eigenvalue weighted by Crippen LogP contribution is 2.21. The number of ether oxygens (including phenoxy) is 1. The van der Waals surface area contributed by atoms with Gasteiger partial charge in [0.2, 0.25) is 0 Å². The van der Waals surface area contributed by atoms with Crippen molar-refractivity contribution >= 4 is 5.91 Å². The number of hydrogen-bond donors (Lipinski definition) is 0. The second-order valence-corrected chi connectivity index (χ2v) is 5.31. The number of carbonyl (C=O) groups is 1. The van der Waals surface area contributed by atoms with E-state index in [1.807, 2.05) is 0 Å². The number of rotatable bonds is 4. The van der Waals surface area contributed by atoms with E-state index in [0.717, 1.165) is 25.9 Å². The largest absolute Gasteiger partial charge is 0.489 e. The highest BCUT2D eigenvalue weighted by Gasteiger charge is 2.26. The van der Waals surface area contributed by atoms with Gasteiger partial charge in [0, 0.05) is 13.1 Å². The lowest BCUT2D eigenvalue weighted by molar-refractivity contribution is 0.0780. The molecule has 0 aliphatic carbocycles.